The third kappa shape index (κ3) is 8.37. The van der Waals surface area contributed by atoms with Crippen LogP contribution in [-0.2, 0) is 17.0 Å². The molecule has 2 aromatic rings. The molecule has 2 aromatic heterocycles. The fourth-order valence-electron chi connectivity index (χ4n) is 3.67. The highest BCUT2D eigenvalue weighted by molar-refractivity contribution is 5.32. The molecular weight excluding hydrogens is 482 g/mol. The van der Waals surface area contributed by atoms with Crippen molar-refractivity contribution in [3.05, 3.63) is 52.5 Å². The molecule has 0 amide bonds. The van der Waals surface area contributed by atoms with Crippen LogP contribution in [0.3, 0.4) is 0 Å². The zero-order chi connectivity index (χ0) is 27.7. The number of aromatic nitrogens is 2. The largest absolute Gasteiger partial charge is 0.468 e. The third-order valence-corrected chi connectivity index (χ3v) is 6.25. The fourth-order valence-corrected chi connectivity index (χ4v) is 3.67. The molecule has 0 saturated carbocycles. The summed E-state index contributed by atoms with van der Waals surface area (Å²) in [5, 5.41) is 0. The van der Waals surface area contributed by atoms with Crippen LogP contribution in [0.5, 0.6) is 5.88 Å². The van der Waals surface area contributed by atoms with Crippen molar-refractivity contribution in [3.8, 4) is 5.88 Å². The minimum atomic E-state index is -4.55. The van der Waals surface area contributed by atoms with Crippen LogP contribution >= 0.6 is 0 Å². The second-order valence-corrected chi connectivity index (χ2v) is 11.4. The molecular formula is C27H36F6N2O. The van der Waals surface area contributed by atoms with E-state index in [-0.39, 0.29) is 17.7 Å². The van der Waals surface area contributed by atoms with Gasteiger partial charge in [-0.3, -0.25) is 0 Å². The number of ether oxygens (including phenoxy) is 1. The summed E-state index contributed by atoms with van der Waals surface area (Å²) in [4.78, 5) is 8.22. The molecule has 0 fully saturated rings. The van der Waals surface area contributed by atoms with Crippen LogP contribution in [0, 0.1) is 0 Å². The van der Waals surface area contributed by atoms with Crippen molar-refractivity contribution in [2.45, 2.75) is 103 Å². The monoisotopic (exact) mass is 518 g/mol. The molecule has 0 aliphatic heterocycles. The van der Waals surface area contributed by atoms with Gasteiger partial charge >= 0.3 is 12.4 Å². The van der Waals surface area contributed by atoms with Crippen molar-refractivity contribution in [2.75, 3.05) is 6.61 Å². The SMILES string of the molecule is CC(C)c1cc(C(F)(F)F)nc(C(C)(C)CCC(C)c2cc(OCC(F)(F)F)nc(C(C)(C)C)c2)c1. The molecule has 3 nitrogen and oxygen atoms in total. The number of halogens is 6. The second kappa shape index (κ2) is 10.6. The molecule has 0 spiro atoms. The summed E-state index contributed by atoms with van der Waals surface area (Å²) in [7, 11) is 0. The van der Waals surface area contributed by atoms with Crippen LogP contribution in [0.15, 0.2) is 24.3 Å². The van der Waals surface area contributed by atoms with Gasteiger partial charge in [0.15, 0.2) is 6.61 Å². The predicted molar refractivity (Wildman–Crippen MR) is 128 cm³/mol. The van der Waals surface area contributed by atoms with Gasteiger partial charge in [-0.1, -0.05) is 55.4 Å². The van der Waals surface area contributed by atoms with Gasteiger partial charge in [0.25, 0.3) is 0 Å². The van der Waals surface area contributed by atoms with E-state index in [1.54, 1.807) is 6.07 Å². The summed E-state index contributed by atoms with van der Waals surface area (Å²) >= 11 is 0. The van der Waals surface area contributed by atoms with Crippen molar-refractivity contribution in [3.63, 3.8) is 0 Å². The maximum atomic E-state index is 13.5. The lowest BCUT2D eigenvalue weighted by atomic mass is 9.79. The van der Waals surface area contributed by atoms with E-state index in [1.165, 1.54) is 6.07 Å². The summed E-state index contributed by atoms with van der Waals surface area (Å²) < 4.78 is 83.5. The van der Waals surface area contributed by atoms with Crippen LogP contribution in [0.4, 0.5) is 26.3 Å². The van der Waals surface area contributed by atoms with Gasteiger partial charge in [0.05, 0.1) is 5.69 Å². The number of nitrogens with zero attached hydrogens (tertiary/aromatic N) is 2. The van der Waals surface area contributed by atoms with Gasteiger partial charge in [-0.2, -0.15) is 26.3 Å². The molecule has 202 valence electrons. The Morgan fingerprint density at radius 1 is 0.750 bits per heavy atom. The van der Waals surface area contributed by atoms with E-state index in [0.29, 0.717) is 29.8 Å². The summed E-state index contributed by atoms with van der Waals surface area (Å²) in [5.41, 5.74) is 0.332. The molecule has 0 aliphatic carbocycles. The zero-order valence-corrected chi connectivity index (χ0v) is 22.2. The molecule has 0 aliphatic rings. The predicted octanol–water partition coefficient (Wildman–Crippen LogP) is 8.72. The first-order valence-electron chi connectivity index (χ1n) is 12.0. The Morgan fingerprint density at radius 2 is 1.31 bits per heavy atom. The Hall–Kier alpha value is -2.32. The van der Waals surface area contributed by atoms with Crippen molar-refractivity contribution < 1.29 is 31.1 Å². The van der Waals surface area contributed by atoms with Crippen LogP contribution in [0.25, 0.3) is 0 Å². The molecule has 1 unspecified atom stereocenters. The first kappa shape index (κ1) is 29.9. The highest BCUT2D eigenvalue weighted by atomic mass is 19.4. The highest BCUT2D eigenvalue weighted by Gasteiger charge is 2.35. The lowest BCUT2D eigenvalue weighted by molar-refractivity contribution is -0.154. The molecule has 2 rings (SSSR count). The Bertz CT molecular complexity index is 1040. The summed E-state index contributed by atoms with van der Waals surface area (Å²) in [6.45, 7) is 13.6. The molecule has 0 saturated heterocycles. The van der Waals surface area contributed by atoms with Gasteiger partial charge in [0.2, 0.25) is 5.88 Å². The van der Waals surface area contributed by atoms with E-state index in [9.17, 15) is 26.3 Å². The van der Waals surface area contributed by atoms with Gasteiger partial charge < -0.3 is 4.74 Å². The van der Waals surface area contributed by atoms with Crippen molar-refractivity contribution in [2.24, 2.45) is 0 Å². The van der Waals surface area contributed by atoms with Crippen molar-refractivity contribution in [1.29, 1.82) is 0 Å². The Morgan fingerprint density at radius 3 is 1.81 bits per heavy atom. The minimum absolute atomic E-state index is 0.0923. The molecule has 36 heavy (non-hydrogen) atoms. The summed E-state index contributed by atoms with van der Waals surface area (Å²) in [5.74, 6) is -0.288. The molecule has 1 atom stereocenters. The normalized spacial score (nSPS) is 14.3. The van der Waals surface area contributed by atoms with E-state index >= 15 is 0 Å². The van der Waals surface area contributed by atoms with Crippen LogP contribution in [0.1, 0.15) is 108 Å². The van der Waals surface area contributed by atoms with Crippen molar-refractivity contribution >= 4 is 0 Å². The second-order valence-electron chi connectivity index (χ2n) is 11.4. The lowest BCUT2D eigenvalue weighted by Gasteiger charge is -2.28. The van der Waals surface area contributed by atoms with E-state index in [2.05, 4.69) is 9.97 Å². The lowest BCUT2D eigenvalue weighted by Crippen LogP contribution is -2.23. The fraction of sp³-hybridized carbons (Fsp3) is 0.630. The van der Waals surface area contributed by atoms with E-state index in [0.717, 1.165) is 11.6 Å². The Labute approximate surface area is 209 Å². The van der Waals surface area contributed by atoms with E-state index < -0.39 is 35.5 Å². The Kier molecular flexibility index (Phi) is 8.79. The number of pyridine rings is 2. The molecule has 0 bridgehead atoms. The van der Waals surface area contributed by atoms with Crippen LogP contribution < -0.4 is 4.74 Å². The topological polar surface area (TPSA) is 35.0 Å². The molecule has 0 N–H and O–H groups in total. The average molecular weight is 519 g/mol. The standard InChI is InChI=1S/C27H36F6N2O/c1-16(2)18-11-21(34-22(12-18)27(31,32)33)25(7,8)10-9-17(3)19-13-20(24(4,5)6)35-23(14-19)36-15-26(28,29)30/h11-14,16-17H,9-10,15H2,1-8H3. The van der Waals surface area contributed by atoms with E-state index in [1.807, 2.05) is 61.5 Å². The maximum absolute atomic E-state index is 13.5. The first-order valence-corrected chi connectivity index (χ1v) is 12.0. The molecule has 2 heterocycles. The highest BCUT2D eigenvalue weighted by Crippen LogP contribution is 2.37. The zero-order valence-electron chi connectivity index (χ0n) is 22.2. The third-order valence-electron chi connectivity index (χ3n) is 6.25. The quantitative estimate of drug-likeness (QED) is 0.328. The average Bonchev–Trinajstić information content (AvgIpc) is 2.73. The van der Waals surface area contributed by atoms with Crippen LogP contribution in [0.2, 0.25) is 0 Å². The van der Waals surface area contributed by atoms with Gasteiger partial charge in [0, 0.05) is 22.6 Å². The van der Waals surface area contributed by atoms with Crippen LogP contribution in [-0.4, -0.2) is 22.8 Å². The smallest absolute Gasteiger partial charge is 0.433 e. The first-order chi connectivity index (χ1) is 16.2. The molecule has 0 radical (unpaired) electrons. The molecule has 9 heteroatoms. The Balaban J connectivity index is 2.32. The van der Waals surface area contributed by atoms with Gasteiger partial charge in [-0.15, -0.1) is 0 Å². The van der Waals surface area contributed by atoms with Crippen molar-refractivity contribution in [1.82, 2.24) is 9.97 Å². The van der Waals surface area contributed by atoms with Gasteiger partial charge in [-0.25, -0.2) is 9.97 Å². The van der Waals surface area contributed by atoms with E-state index in [4.69, 9.17) is 4.74 Å². The maximum Gasteiger partial charge on any atom is 0.433 e. The van der Waals surface area contributed by atoms with Gasteiger partial charge in [-0.05, 0) is 54.0 Å². The number of hydrogen-bond acceptors (Lipinski definition) is 3. The summed E-state index contributed by atoms with van der Waals surface area (Å²) in [6.07, 6.45) is -7.93. The number of hydrogen-bond donors (Lipinski definition) is 0. The molecule has 0 aromatic carbocycles. The number of alkyl halides is 6. The number of rotatable bonds is 8. The summed E-state index contributed by atoms with van der Waals surface area (Å²) in [6, 6.07) is 6.20. The minimum Gasteiger partial charge on any atom is -0.468 e. The van der Waals surface area contributed by atoms with Gasteiger partial charge in [0.1, 0.15) is 5.69 Å².